The number of anilines is 3. The standard InChI is InChI=1S/C17H21FN4O/c1-11-9-13(18)5-6-14(11)20-16-10-15(12-3-4-12)21-17(22-16)19-7-2-8-23/h5-6,9-10,12,23H,2-4,7-8H2,1H3,(H2,19,20,21,22). The Kier molecular flexibility index (Phi) is 4.71. The fourth-order valence-corrected chi connectivity index (χ4v) is 2.38. The highest BCUT2D eigenvalue weighted by Gasteiger charge is 2.26. The summed E-state index contributed by atoms with van der Waals surface area (Å²) in [6, 6.07) is 6.59. The minimum Gasteiger partial charge on any atom is -0.396 e. The molecule has 1 aliphatic rings. The minimum atomic E-state index is -0.249. The quantitative estimate of drug-likeness (QED) is 0.684. The summed E-state index contributed by atoms with van der Waals surface area (Å²) in [4.78, 5) is 9.01. The Morgan fingerprint density at radius 2 is 2.09 bits per heavy atom. The number of benzene rings is 1. The van der Waals surface area contributed by atoms with Gasteiger partial charge in [0.15, 0.2) is 0 Å². The highest BCUT2D eigenvalue weighted by Crippen LogP contribution is 2.40. The van der Waals surface area contributed by atoms with E-state index < -0.39 is 0 Å². The van der Waals surface area contributed by atoms with E-state index in [-0.39, 0.29) is 12.4 Å². The molecule has 0 aliphatic heterocycles. The van der Waals surface area contributed by atoms with Crippen LogP contribution in [0.2, 0.25) is 0 Å². The summed E-state index contributed by atoms with van der Waals surface area (Å²) in [6.45, 7) is 2.61. The Balaban J connectivity index is 1.82. The van der Waals surface area contributed by atoms with Crippen molar-refractivity contribution in [1.29, 1.82) is 0 Å². The molecule has 2 aromatic rings. The van der Waals surface area contributed by atoms with Gasteiger partial charge in [0.1, 0.15) is 11.6 Å². The summed E-state index contributed by atoms with van der Waals surface area (Å²) in [6.07, 6.45) is 2.96. The Morgan fingerprint density at radius 1 is 1.26 bits per heavy atom. The predicted molar refractivity (Wildman–Crippen MR) is 88.6 cm³/mol. The summed E-state index contributed by atoms with van der Waals surface area (Å²) in [5.74, 6) is 1.51. The largest absolute Gasteiger partial charge is 0.396 e. The molecule has 0 spiro atoms. The van der Waals surface area contributed by atoms with E-state index in [1.54, 1.807) is 6.07 Å². The van der Waals surface area contributed by atoms with E-state index in [1.807, 2.05) is 13.0 Å². The zero-order valence-corrected chi connectivity index (χ0v) is 13.1. The van der Waals surface area contributed by atoms with Crippen molar-refractivity contribution in [2.75, 3.05) is 23.8 Å². The average Bonchev–Trinajstić information content (AvgIpc) is 3.35. The van der Waals surface area contributed by atoms with Crippen molar-refractivity contribution < 1.29 is 9.50 Å². The molecule has 1 aliphatic carbocycles. The van der Waals surface area contributed by atoms with Gasteiger partial charge in [-0.2, -0.15) is 4.98 Å². The van der Waals surface area contributed by atoms with Gasteiger partial charge in [-0.15, -0.1) is 0 Å². The van der Waals surface area contributed by atoms with Crippen LogP contribution in [0.15, 0.2) is 24.3 Å². The first-order valence-corrected chi connectivity index (χ1v) is 7.92. The van der Waals surface area contributed by atoms with Gasteiger partial charge in [-0.05, 0) is 49.9 Å². The second-order valence-corrected chi connectivity index (χ2v) is 5.86. The number of hydrogen-bond donors (Lipinski definition) is 3. The van der Waals surface area contributed by atoms with Crippen molar-refractivity contribution in [2.45, 2.75) is 32.1 Å². The molecule has 23 heavy (non-hydrogen) atoms. The van der Waals surface area contributed by atoms with Crippen LogP contribution in [-0.4, -0.2) is 28.2 Å². The Labute approximate surface area is 135 Å². The van der Waals surface area contributed by atoms with E-state index in [4.69, 9.17) is 5.11 Å². The SMILES string of the molecule is Cc1cc(F)ccc1Nc1cc(C2CC2)nc(NCCCO)n1. The Bertz CT molecular complexity index is 688. The molecule has 0 unspecified atom stereocenters. The monoisotopic (exact) mass is 316 g/mol. The molecular formula is C17H21FN4O. The Morgan fingerprint density at radius 3 is 2.78 bits per heavy atom. The maximum Gasteiger partial charge on any atom is 0.224 e. The topological polar surface area (TPSA) is 70.1 Å². The van der Waals surface area contributed by atoms with Gasteiger partial charge in [-0.25, -0.2) is 9.37 Å². The molecule has 0 bridgehead atoms. The number of halogens is 1. The average molecular weight is 316 g/mol. The second kappa shape index (κ2) is 6.91. The van der Waals surface area contributed by atoms with Gasteiger partial charge in [0.25, 0.3) is 0 Å². The summed E-state index contributed by atoms with van der Waals surface area (Å²) in [5.41, 5.74) is 2.67. The molecule has 3 rings (SSSR count). The van der Waals surface area contributed by atoms with Crippen LogP contribution in [0.4, 0.5) is 21.8 Å². The van der Waals surface area contributed by atoms with E-state index >= 15 is 0 Å². The molecule has 122 valence electrons. The van der Waals surface area contributed by atoms with Gasteiger partial charge in [0.2, 0.25) is 5.95 Å². The molecule has 0 radical (unpaired) electrons. The molecule has 0 saturated heterocycles. The lowest BCUT2D eigenvalue weighted by atomic mass is 10.2. The molecular weight excluding hydrogens is 295 g/mol. The van der Waals surface area contributed by atoms with Crippen molar-refractivity contribution in [3.63, 3.8) is 0 Å². The van der Waals surface area contributed by atoms with Gasteiger partial charge >= 0.3 is 0 Å². The zero-order chi connectivity index (χ0) is 16.2. The van der Waals surface area contributed by atoms with E-state index in [9.17, 15) is 4.39 Å². The molecule has 3 N–H and O–H groups in total. The number of nitrogens with one attached hydrogen (secondary N) is 2. The first kappa shape index (κ1) is 15.7. The van der Waals surface area contributed by atoms with Crippen LogP contribution < -0.4 is 10.6 Å². The highest BCUT2D eigenvalue weighted by molar-refractivity contribution is 5.61. The van der Waals surface area contributed by atoms with Crippen LogP contribution in [0, 0.1) is 12.7 Å². The van der Waals surface area contributed by atoms with E-state index in [0.29, 0.717) is 30.6 Å². The van der Waals surface area contributed by atoms with Crippen LogP contribution in [0.3, 0.4) is 0 Å². The number of hydrogen-bond acceptors (Lipinski definition) is 5. The molecule has 1 fully saturated rings. The number of aryl methyl sites for hydroxylation is 1. The van der Waals surface area contributed by atoms with Crippen molar-refractivity contribution >= 4 is 17.5 Å². The molecule has 0 atom stereocenters. The summed E-state index contributed by atoms with van der Waals surface area (Å²) >= 11 is 0. The number of nitrogens with zero attached hydrogens (tertiary/aromatic N) is 2. The van der Waals surface area contributed by atoms with E-state index in [1.165, 1.54) is 12.1 Å². The lowest BCUT2D eigenvalue weighted by molar-refractivity contribution is 0.292. The Hall–Kier alpha value is -2.21. The van der Waals surface area contributed by atoms with Crippen LogP contribution >= 0.6 is 0 Å². The highest BCUT2D eigenvalue weighted by atomic mass is 19.1. The number of rotatable bonds is 7. The second-order valence-electron chi connectivity index (χ2n) is 5.86. The van der Waals surface area contributed by atoms with E-state index in [2.05, 4.69) is 20.6 Å². The molecule has 6 heteroatoms. The molecule has 0 amide bonds. The predicted octanol–water partition coefficient (Wildman–Crippen LogP) is 3.34. The van der Waals surface area contributed by atoms with Gasteiger partial charge in [0, 0.05) is 30.8 Å². The van der Waals surface area contributed by atoms with Crippen LogP contribution in [-0.2, 0) is 0 Å². The molecule has 1 saturated carbocycles. The van der Waals surface area contributed by atoms with Crippen molar-refractivity contribution in [3.05, 3.63) is 41.3 Å². The molecule has 1 heterocycles. The smallest absolute Gasteiger partial charge is 0.224 e. The number of aliphatic hydroxyl groups excluding tert-OH is 1. The lowest BCUT2D eigenvalue weighted by Gasteiger charge is -2.12. The minimum absolute atomic E-state index is 0.134. The van der Waals surface area contributed by atoms with Crippen LogP contribution in [0.25, 0.3) is 0 Å². The summed E-state index contributed by atoms with van der Waals surface area (Å²) in [5, 5.41) is 15.3. The first-order chi connectivity index (χ1) is 11.2. The van der Waals surface area contributed by atoms with Crippen molar-refractivity contribution in [2.24, 2.45) is 0 Å². The fourth-order valence-electron chi connectivity index (χ4n) is 2.38. The third-order valence-corrected chi connectivity index (χ3v) is 3.81. The molecule has 1 aromatic carbocycles. The van der Waals surface area contributed by atoms with Crippen LogP contribution in [0.5, 0.6) is 0 Å². The normalized spacial score (nSPS) is 13.9. The maximum absolute atomic E-state index is 13.2. The summed E-state index contributed by atoms with van der Waals surface area (Å²) < 4.78 is 13.2. The first-order valence-electron chi connectivity index (χ1n) is 7.92. The van der Waals surface area contributed by atoms with Crippen LogP contribution in [0.1, 0.15) is 36.4 Å². The number of aromatic nitrogens is 2. The molecule has 5 nitrogen and oxygen atoms in total. The van der Waals surface area contributed by atoms with Crippen molar-refractivity contribution in [1.82, 2.24) is 9.97 Å². The maximum atomic E-state index is 13.2. The van der Waals surface area contributed by atoms with Gasteiger partial charge in [-0.3, -0.25) is 0 Å². The van der Waals surface area contributed by atoms with Gasteiger partial charge in [0.05, 0.1) is 5.69 Å². The third kappa shape index (κ3) is 4.16. The fraction of sp³-hybridized carbons (Fsp3) is 0.412. The molecule has 1 aromatic heterocycles. The zero-order valence-electron chi connectivity index (χ0n) is 13.1. The van der Waals surface area contributed by atoms with Gasteiger partial charge < -0.3 is 15.7 Å². The third-order valence-electron chi connectivity index (χ3n) is 3.81. The number of aliphatic hydroxyl groups is 1. The lowest BCUT2D eigenvalue weighted by Crippen LogP contribution is -2.09. The summed E-state index contributed by atoms with van der Waals surface area (Å²) in [7, 11) is 0. The van der Waals surface area contributed by atoms with E-state index in [0.717, 1.165) is 29.8 Å². The van der Waals surface area contributed by atoms with Crippen molar-refractivity contribution in [3.8, 4) is 0 Å². The van der Waals surface area contributed by atoms with Gasteiger partial charge in [-0.1, -0.05) is 0 Å².